The minimum absolute atomic E-state index is 0.0565. The first-order valence-electron chi connectivity index (χ1n) is 7.05. The van der Waals surface area contributed by atoms with E-state index in [4.69, 9.17) is 5.41 Å². The number of benzene rings is 2. The van der Waals surface area contributed by atoms with E-state index in [9.17, 15) is 23.1 Å². The number of halogens is 3. The Morgan fingerprint density at radius 2 is 1.72 bits per heavy atom. The van der Waals surface area contributed by atoms with Gasteiger partial charge in [0.1, 0.15) is 5.75 Å². The van der Waals surface area contributed by atoms with Crippen LogP contribution in [0, 0.1) is 5.41 Å². The number of aromatic hydroxyl groups is 1. The van der Waals surface area contributed by atoms with Crippen LogP contribution in [0.2, 0.25) is 0 Å². The van der Waals surface area contributed by atoms with Crippen LogP contribution in [0.5, 0.6) is 5.75 Å². The van der Waals surface area contributed by atoms with Gasteiger partial charge in [-0.2, -0.15) is 13.2 Å². The van der Waals surface area contributed by atoms with E-state index in [2.05, 4.69) is 0 Å². The minimum atomic E-state index is -4.63. The number of thioether (sulfide) groups is 1. The Morgan fingerprint density at radius 3 is 2.36 bits per heavy atom. The number of alkyl halides is 3. The molecular formula is C17H11F3N2O2S. The van der Waals surface area contributed by atoms with Crippen LogP contribution in [0.3, 0.4) is 0 Å². The molecule has 4 nitrogen and oxygen atoms in total. The van der Waals surface area contributed by atoms with Crippen molar-refractivity contribution in [3.05, 3.63) is 64.6 Å². The maximum absolute atomic E-state index is 13.2. The molecule has 3 rings (SSSR count). The molecule has 0 spiro atoms. The number of nitrogens with zero attached hydrogens (tertiary/aromatic N) is 1. The normalized spacial score (nSPS) is 16.8. The third kappa shape index (κ3) is 3.39. The summed E-state index contributed by atoms with van der Waals surface area (Å²) in [6.45, 7) is 0. The number of amides is 1. The predicted molar refractivity (Wildman–Crippen MR) is 90.3 cm³/mol. The average Bonchev–Trinajstić information content (AvgIpc) is 2.83. The van der Waals surface area contributed by atoms with Crippen molar-refractivity contribution in [2.45, 2.75) is 6.18 Å². The van der Waals surface area contributed by atoms with Crippen LogP contribution in [-0.4, -0.2) is 16.2 Å². The fourth-order valence-corrected chi connectivity index (χ4v) is 3.19. The summed E-state index contributed by atoms with van der Waals surface area (Å²) in [5, 5.41) is 16.9. The van der Waals surface area contributed by atoms with Gasteiger partial charge in [0.15, 0.2) is 5.17 Å². The lowest BCUT2D eigenvalue weighted by atomic mass is 10.1. The summed E-state index contributed by atoms with van der Waals surface area (Å²) in [6, 6.07) is 10.6. The average molecular weight is 364 g/mol. The predicted octanol–water partition coefficient (Wildman–Crippen LogP) is 4.47. The zero-order valence-electron chi connectivity index (χ0n) is 12.5. The van der Waals surface area contributed by atoms with Gasteiger partial charge >= 0.3 is 6.18 Å². The van der Waals surface area contributed by atoms with E-state index in [1.54, 1.807) is 12.1 Å². The molecule has 1 amide bonds. The Balaban J connectivity index is 1.99. The molecule has 0 saturated carbocycles. The molecule has 128 valence electrons. The summed E-state index contributed by atoms with van der Waals surface area (Å²) in [4.78, 5) is 13.4. The second-order valence-electron chi connectivity index (χ2n) is 5.16. The molecule has 1 aliphatic heterocycles. The van der Waals surface area contributed by atoms with Crippen LogP contribution in [-0.2, 0) is 11.0 Å². The number of phenolic OH excluding ortho intramolecular Hbond substituents is 1. The molecule has 1 aliphatic rings. The van der Waals surface area contributed by atoms with E-state index in [0.717, 1.165) is 22.7 Å². The van der Waals surface area contributed by atoms with Gasteiger partial charge in [0.25, 0.3) is 5.91 Å². The summed E-state index contributed by atoms with van der Waals surface area (Å²) < 4.78 is 39.6. The van der Waals surface area contributed by atoms with Crippen LogP contribution in [0.1, 0.15) is 11.1 Å². The van der Waals surface area contributed by atoms with Crippen LogP contribution < -0.4 is 4.90 Å². The van der Waals surface area contributed by atoms with Gasteiger partial charge in [-0.1, -0.05) is 24.3 Å². The first-order chi connectivity index (χ1) is 11.8. The van der Waals surface area contributed by atoms with Crippen molar-refractivity contribution in [1.82, 2.24) is 0 Å². The SMILES string of the molecule is N=C1S/C(=C\c2ccc(O)cc2)C(=O)N1c1ccccc1C(F)(F)F. The summed E-state index contributed by atoms with van der Waals surface area (Å²) in [5.41, 5.74) is -0.751. The molecule has 2 aromatic carbocycles. The number of phenols is 1. The highest BCUT2D eigenvalue weighted by molar-refractivity contribution is 8.19. The van der Waals surface area contributed by atoms with Crippen LogP contribution in [0.25, 0.3) is 6.08 Å². The number of hydrogen-bond acceptors (Lipinski definition) is 4. The van der Waals surface area contributed by atoms with Gasteiger partial charge < -0.3 is 5.11 Å². The first kappa shape index (κ1) is 17.1. The molecule has 0 aliphatic carbocycles. The molecule has 0 atom stereocenters. The topological polar surface area (TPSA) is 64.4 Å². The highest BCUT2D eigenvalue weighted by atomic mass is 32.2. The van der Waals surface area contributed by atoms with Gasteiger partial charge in [0.05, 0.1) is 16.2 Å². The summed E-state index contributed by atoms with van der Waals surface area (Å²) in [5.74, 6) is -0.638. The van der Waals surface area contributed by atoms with Gasteiger partial charge in [-0.15, -0.1) is 0 Å². The second-order valence-corrected chi connectivity index (χ2v) is 6.19. The molecule has 25 heavy (non-hydrogen) atoms. The number of carbonyl (C=O) groups is 1. The molecule has 0 bridgehead atoms. The fourth-order valence-electron chi connectivity index (χ4n) is 2.34. The Labute approximate surface area is 145 Å². The van der Waals surface area contributed by atoms with E-state index in [0.29, 0.717) is 5.56 Å². The zero-order chi connectivity index (χ0) is 18.2. The van der Waals surface area contributed by atoms with Crippen molar-refractivity contribution in [1.29, 1.82) is 5.41 Å². The van der Waals surface area contributed by atoms with Crippen LogP contribution in [0.4, 0.5) is 18.9 Å². The summed E-state index contributed by atoms with van der Waals surface area (Å²) in [6.07, 6.45) is -3.16. The first-order valence-corrected chi connectivity index (χ1v) is 7.87. The second kappa shape index (κ2) is 6.29. The van der Waals surface area contributed by atoms with Crippen molar-refractivity contribution in [3.8, 4) is 5.75 Å². The molecule has 1 saturated heterocycles. The molecule has 2 N–H and O–H groups in total. The van der Waals surface area contributed by atoms with E-state index < -0.39 is 17.6 Å². The van der Waals surface area contributed by atoms with Crippen LogP contribution >= 0.6 is 11.8 Å². The highest BCUT2D eigenvalue weighted by Gasteiger charge is 2.40. The third-order valence-corrected chi connectivity index (χ3v) is 4.35. The third-order valence-electron chi connectivity index (χ3n) is 3.46. The monoisotopic (exact) mass is 364 g/mol. The standard InChI is InChI=1S/C17H11F3N2O2S/c18-17(19,20)12-3-1-2-4-13(12)22-15(24)14(25-16(22)21)9-10-5-7-11(23)8-6-10/h1-9,21,23H/b14-9-,21-16?. The van der Waals surface area contributed by atoms with E-state index >= 15 is 0 Å². The molecule has 1 heterocycles. The molecule has 2 aromatic rings. The Kier molecular flexibility index (Phi) is 4.30. The molecule has 8 heteroatoms. The van der Waals surface area contributed by atoms with Gasteiger partial charge in [0, 0.05) is 0 Å². The molecule has 0 radical (unpaired) electrons. The molecule has 0 aromatic heterocycles. The smallest absolute Gasteiger partial charge is 0.418 e. The maximum atomic E-state index is 13.2. The fraction of sp³-hybridized carbons (Fsp3) is 0.0588. The quantitative estimate of drug-likeness (QED) is 0.773. The van der Waals surface area contributed by atoms with Crippen molar-refractivity contribution in [2.24, 2.45) is 0 Å². The Hall–Kier alpha value is -2.74. The minimum Gasteiger partial charge on any atom is -0.508 e. The largest absolute Gasteiger partial charge is 0.508 e. The van der Waals surface area contributed by atoms with E-state index in [1.165, 1.54) is 36.4 Å². The lowest BCUT2D eigenvalue weighted by molar-refractivity contribution is -0.137. The highest BCUT2D eigenvalue weighted by Crippen LogP contribution is 2.41. The number of carbonyl (C=O) groups excluding carboxylic acids is 1. The summed E-state index contributed by atoms with van der Waals surface area (Å²) in [7, 11) is 0. The van der Waals surface area contributed by atoms with Crippen molar-refractivity contribution < 1.29 is 23.1 Å². The van der Waals surface area contributed by atoms with Gasteiger partial charge in [-0.05, 0) is 47.7 Å². The van der Waals surface area contributed by atoms with Crippen molar-refractivity contribution in [3.63, 3.8) is 0 Å². The lowest BCUT2D eigenvalue weighted by Crippen LogP contribution is -2.30. The number of anilines is 1. The number of para-hydroxylation sites is 1. The van der Waals surface area contributed by atoms with Crippen molar-refractivity contribution >= 4 is 34.6 Å². The number of hydrogen-bond donors (Lipinski definition) is 2. The van der Waals surface area contributed by atoms with Gasteiger partial charge in [0.2, 0.25) is 0 Å². The van der Waals surface area contributed by atoms with Crippen LogP contribution in [0.15, 0.2) is 53.4 Å². The van der Waals surface area contributed by atoms with Gasteiger partial charge in [-0.25, -0.2) is 0 Å². The zero-order valence-corrected chi connectivity index (χ0v) is 13.4. The molecule has 1 fully saturated rings. The maximum Gasteiger partial charge on any atom is 0.418 e. The number of nitrogens with one attached hydrogen (secondary N) is 1. The van der Waals surface area contributed by atoms with Gasteiger partial charge in [-0.3, -0.25) is 15.1 Å². The van der Waals surface area contributed by atoms with E-state index in [-0.39, 0.29) is 21.5 Å². The van der Waals surface area contributed by atoms with E-state index in [1.807, 2.05) is 0 Å². The number of amidine groups is 1. The molecule has 0 unspecified atom stereocenters. The molecular weight excluding hydrogens is 353 g/mol. The number of rotatable bonds is 2. The van der Waals surface area contributed by atoms with Crippen molar-refractivity contribution in [2.75, 3.05) is 4.90 Å². The Bertz CT molecular complexity index is 876. The Morgan fingerprint density at radius 1 is 1.08 bits per heavy atom. The lowest BCUT2D eigenvalue weighted by Gasteiger charge is -2.19. The summed E-state index contributed by atoms with van der Waals surface area (Å²) >= 11 is 0.786.